The second-order valence-electron chi connectivity index (χ2n) is 5.03. The molecular formula is C13H25NO4. The van der Waals surface area contributed by atoms with Gasteiger partial charge in [-0.2, -0.15) is 0 Å². The largest absolute Gasteiger partial charge is 0.481 e. The minimum Gasteiger partial charge on any atom is -0.481 e. The molecule has 18 heavy (non-hydrogen) atoms. The fourth-order valence-corrected chi connectivity index (χ4v) is 1.31. The van der Waals surface area contributed by atoms with Crippen molar-refractivity contribution < 1.29 is 19.4 Å². The summed E-state index contributed by atoms with van der Waals surface area (Å²) in [5, 5.41) is 11.5. The molecule has 0 radical (unpaired) electrons. The Morgan fingerprint density at radius 3 is 2.28 bits per heavy atom. The molecule has 0 aromatic rings. The Labute approximate surface area is 109 Å². The zero-order valence-corrected chi connectivity index (χ0v) is 11.7. The van der Waals surface area contributed by atoms with Crippen molar-refractivity contribution in [2.75, 3.05) is 19.8 Å². The van der Waals surface area contributed by atoms with E-state index in [1.165, 1.54) is 0 Å². The van der Waals surface area contributed by atoms with Crippen molar-refractivity contribution in [1.29, 1.82) is 0 Å². The van der Waals surface area contributed by atoms with Crippen LogP contribution in [0, 0.1) is 17.8 Å². The van der Waals surface area contributed by atoms with Crippen LogP contribution in [0.2, 0.25) is 0 Å². The number of hydrogen-bond acceptors (Lipinski definition) is 3. The minimum atomic E-state index is -0.946. The lowest BCUT2D eigenvalue weighted by molar-refractivity contribution is -0.146. The Balaban J connectivity index is 3.67. The van der Waals surface area contributed by atoms with Crippen LogP contribution in [0.3, 0.4) is 0 Å². The Bertz CT molecular complexity index is 266. The fraction of sp³-hybridized carbons (Fsp3) is 0.846. The summed E-state index contributed by atoms with van der Waals surface area (Å²) in [7, 11) is 0. The fourth-order valence-electron chi connectivity index (χ4n) is 1.31. The lowest BCUT2D eigenvalue weighted by atomic mass is 9.95. The standard InChI is InChI=1S/C13H25NO4/c1-9(2)8-18-7-5-6-14-12(15)10(3)11(4)13(16)17/h9-11H,5-8H2,1-4H3,(H,14,15)(H,16,17). The van der Waals surface area contributed by atoms with Gasteiger partial charge in [0.2, 0.25) is 5.91 Å². The van der Waals surface area contributed by atoms with Gasteiger partial charge in [0, 0.05) is 25.7 Å². The predicted octanol–water partition coefficient (Wildman–Crippen LogP) is 1.52. The topological polar surface area (TPSA) is 75.6 Å². The van der Waals surface area contributed by atoms with E-state index in [9.17, 15) is 9.59 Å². The average molecular weight is 259 g/mol. The summed E-state index contributed by atoms with van der Waals surface area (Å²) in [4.78, 5) is 22.3. The predicted molar refractivity (Wildman–Crippen MR) is 69.2 cm³/mol. The average Bonchev–Trinajstić information content (AvgIpc) is 2.30. The van der Waals surface area contributed by atoms with E-state index in [1.54, 1.807) is 13.8 Å². The molecule has 0 bridgehead atoms. The molecule has 5 nitrogen and oxygen atoms in total. The van der Waals surface area contributed by atoms with Crippen LogP contribution in [-0.2, 0) is 14.3 Å². The van der Waals surface area contributed by atoms with Crippen molar-refractivity contribution in [2.24, 2.45) is 17.8 Å². The van der Waals surface area contributed by atoms with Crippen molar-refractivity contribution in [1.82, 2.24) is 5.32 Å². The molecule has 2 atom stereocenters. The number of amides is 1. The van der Waals surface area contributed by atoms with Crippen LogP contribution < -0.4 is 5.32 Å². The highest BCUT2D eigenvalue weighted by Gasteiger charge is 2.25. The van der Waals surface area contributed by atoms with Crippen molar-refractivity contribution in [3.05, 3.63) is 0 Å². The number of hydrogen-bond donors (Lipinski definition) is 2. The Hall–Kier alpha value is -1.10. The summed E-state index contributed by atoms with van der Waals surface area (Å²) in [6.07, 6.45) is 0.743. The maximum atomic E-state index is 11.6. The number of aliphatic carboxylic acids is 1. The van der Waals surface area contributed by atoms with E-state index in [-0.39, 0.29) is 5.91 Å². The Morgan fingerprint density at radius 1 is 1.17 bits per heavy atom. The molecule has 2 N–H and O–H groups in total. The molecule has 0 heterocycles. The first-order chi connectivity index (χ1) is 8.36. The van der Waals surface area contributed by atoms with E-state index in [0.717, 1.165) is 13.0 Å². The van der Waals surface area contributed by atoms with Crippen LogP contribution in [0.15, 0.2) is 0 Å². The third-order valence-electron chi connectivity index (χ3n) is 2.77. The smallest absolute Gasteiger partial charge is 0.307 e. The Kier molecular flexibility index (Phi) is 8.37. The van der Waals surface area contributed by atoms with Gasteiger partial charge >= 0.3 is 5.97 Å². The van der Waals surface area contributed by atoms with Crippen molar-refractivity contribution in [3.63, 3.8) is 0 Å². The second kappa shape index (κ2) is 8.91. The molecule has 0 aromatic carbocycles. The normalized spacial score (nSPS) is 14.3. The van der Waals surface area contributed by atoms with E-state index in [4.69, 9.17) is 9.84 Å². The number of nitrogens with one attached hydrogen (secondary N) is 1. The Morgan fingerprint density at radius 2 is 1.78 bits per heavy atom. The minimum absolute atomic E-state index is 0.214. The van der Waals surface area contributed by atoms with Gasteiger partial charge in [0.05, 0.1) is 5.92 Å². The van der Waals surface area contributed by atoms with Gasteiger partial charge in [0.25, 0.3) is 0 Å². The third-order valence-corrected chi connectivity index (χ3v) is 2.77. The highest BCUT2D eigenvalue weighted by molar-refractivity contribution is 5.84. The van der Waals surface area contributed by atoms with Crippen molar-refractivity contribution in [2.45, 2.75) is 34.1 Å². The van der Waals surface area contributed by atoms with Crippen LogP contribution in [0.4, 0.5) is 0 Å². The lowest BCUT2D eigenvalue weighted by Crippen LogP contribution is -2.36. The molecule has 106 valence electrons. The molecule has 0 saturated heterocycles. The molecule has 0 fully saturated rings. The second-order valence-corrected chi connectivity index (χ2v) is 5.03. The van der Waals surface area contributed by atoms with Gasteiger partial charge < -0.3 is 15.2 Å². The van der Waals surface area contributed by atoms with Gasteiger partial charge in [-0.3, -0.25) is 9.59 Å². The monoisotopic (exact) mass is 259 g/mol. The van der Waals surface area contributed by atoms with Crippen LogP contribution in [0.5, 0.6) is 0 Å². The number of carboxylic acid groups (broad SMARTS) is 1. The number of carbonyl (C=O) groups excluding carboxylic acids is 1. The summed E-state index contributed by atoms with van der Waals surface area (Å²) >= 11 is 0. The number of rotatable bonds is 9. The van der Waals surface area contributed by atoms with E-state index < -0.39 is 17.8 Å². The van der Waals surface area contributed by atoms with Gasteiger partial charge in [-0.1, -0.05) is 27.7 Å². The first kappa shape index (κ1) is 16.9. The molecule has 0 aliphatic carbocycles. The molecule has 5 heteroatoms. The maximum absolute atomic E-state index is 11.6. The SMILES string of the molecule is CC(C)COCCCNC(=O)C(C)C(C)C(=O)O. The quantitative estimate of drug-likeness (QED) is 0.616. The van der Waals surface area contributed by atoms with Crippen molar-refractivity contribution in [3.8, 4) is 0 Å². The molecule has 0 spiro atoms. The molecular weight excluding hydrogens is 234 g/mol. The molecule has 0 aliphatic heterocycles. The molecule has 0 aliphatic rings. The van der Waals surface area contributed by atoms with Gasteiger partial charge in [-0.05, 0) is 12.3 Å². The maximum Gasteiger partial charge on any atom is 0.307 e. The molecule has 0 saturated carbocycles. The van der Waals surface area contributed by atoms with Crippen LogP contribution >= 0.6 is 0 Å². The highest BCUT2D eigenvalue weighted by Crippen LogP contribution is 2.10. The highest BCUT2D eigenvalue weighted by atomic mass is 16.5. The zero-order valence-electron chi connectivity index (χ0n) is 11.7. The summed E-state index contributed by atoms with van der Waals surface area (Å²) in [6.45, 7) is 9.19. The van der Waals surface area contributed by atoms with Crippen LogP contribution in [-0.4, -0.2) is 36.7 Å². The van der Waals surface area contributed by atoms with Gasteiger partial charge in [-0.25, -0.2) is 0 Å². The van der Waals surface area contributed by atoms with Crippen molar-refractivity contribution >= 4 is 11.9 Å². The third kappa shape index (κ3) is 7.27. The summed E-state index contributed by atoms with van der Waals surface area (Å²) < 4.78 is 5.38. The first-order valence-electron chi connectivity index (χ1n) is 6.44. The lowest BCUT2D eigenvalue weighted by Gasteiger charge is -2.15. The number of carboxylic acids is 1. The molecule has 0 rings (SSSR count). The molecule has 1 amide bonds. The van der Waals surface area contributed by atoms with E-state index >= 15 is 0 Å². The summed E-state index contributed by atoms with van der Waals surface area (Å²) in [5.41, 5.74) is 0. The summed E-state index contributed by atoms with van der Waals surface area (Å²) in [5.74, 6) is -1.83. The van der Waals surface area contributed by atoms with Crippen LogP contribution in [0.25, 0.3) is 0 Å². The number of carbonyl (C=O) groups is 2. The molecule has 0 aromatic heterocycles. The van der Waals surface area contributed by atoms with E-state index in [2.05, 4.69) is 19.2 Å². The van der Waals surface area contributed by atoms with Crippen LogP contribution in [0.1, 0.15) is 34.1 Å². The zero-order chi connectivity index (χ0) is 14.1. The van der Waals surface area contributed by atoms with E-state index in [0.29, 0.717) is 19.1 Å². The molecule has 2 unspecified atom stereocenters. The van der Waals surface area contributed by atoms with E-state index in [1.807, 2.05) is 0 Å². The first-order valence-corrected chi connectivity index (χ1v) is 6.44. The van der Waals surface area contributed by atoms with Gasteiger partial charge in [-0.15, -0.1) is 0 Å². The van der Waals surface area contributed by atoms with Gasteiger partial charge in [0.15, 0.2) is 0 Å². The van der Waals surface area contributed by atoms with Gasteiger partial charge in [0.1, 0.15) is 0 Å². The summed E-state index contributed by atoms with van der Waals surface area (Å²) in [6, 6.07) is 0. The number of ether oxygens (including phenoxy) is 1.